The van der Waals surface area contributed by atoms with Gasteiger partial charge in [0.25, 0.3) is 0 Å². The van der Waals surface area contributed by atoms with Gasteiger partial charge in [0.1, 0.15) is 21.8 Å². The molecule has 188 valence electrons. The third-order valence-corrected chi connectivity index (χ3v) is 7.99. The van der Waals surface area contributed by atoms with Crippen LogP contribution in [0.4, 0.5) is 0 Å². The SMILES string of the molecule is COC(=O)CS(=O)(=O)N[C@H]1CCCc2c(-c3nnc(-c4ccc(OC(C)C)c(C#N)c4)s3)cccc21. The predicted molar refractivity (Wildman–Crippen MR) is 136 cm³/mol. The van der Waals surface area contributed by atoms with E-state index in [1.807, 2.05) is 38.1 Å². The number of nitrogens with zero attached hydrogens (tertiary/aromatic N) is 3. The molecule has 0 radical (unpaired) electrons. The van der Waals surface area contributed by atoms with Crippen LogP contribution in [0.1, 0.15) is 49.4 Å². The summed E-state index contributed by atoms with van der Waals surface area (Å²) in [6, 6.07) is 12.8. The summed E-state index contributed by atoms with van der Waals surface area (Å²) in [5, 5.41) is 19.7. The maximum atomic E-state index is 12.5. The molecule has 0 bridgehead atoms. The molecular weight excluding hydrogens is 500 g/mol. The number of methoxy groups -OCH3 is 1. The molecule has 1 atom stereocenters. The number of carbonyl (C=O) groups is 1. The van der Waals surface area contributed by atoms with Crippen LogP contribution in [-0.2, 0) is 26.0 Å². The standard InChI is InChI=1S/C25H26N4O5S2/c1-15(2)34-22-11-10-16(12-17(22)13-26)24-27-28-25(35-24)20-8-4-7-19-18(20)6-5-9-21(19)29-36(31,32)14-23(30)33-3/h4,7-8,10-12,15,21,29H,5-6,9,14H2,1-3H3/t21-/m0/s1. The van der Waals surface area contributed by atoms with Crippen molar-refractivity contribution in [1.82, 2.24) is 14.9 Å². The monoisotopic (exact) mass is 526 g/mol. The summed E-state index contributed by atoms with van der Waals surface area (Å²) in [6.45, 7) is 3.81. The van der Waals surface area contributed by atoms with Gasteiger partial charge in [-0.3, -0.25) is 4.79 Å². The molecule has 1 aliphatic carbocycles. The van der Waals surface area contributed by atoms with Gasteiger partial charge in [0.2, 0.25) is 10.0 Å². The van der Waals surface area contributed by atoms with Gasteiger partial charge in [0, 0.05) is 17.2 Å². The fourth-order valence-electron chi connectivity index (χ4n) is 4.20. The van der Waals surface area contributed by atoms with E-state index in [0.29, 0.717) is 27.7 Å². The summed E-state index contributed by atoms with van der Waals surface area (Å²) in [4.78, 5) is 11.5. The minimum absolute atomic E-state index is 0.0471. The number of hydrogen-bond acceptors (Lipinski definition) is 9. The van der Waals surface area contributed by atoms with Gasteiger partial charge in [-0.2, -0.15) is 5.26 Å². The first-order valence-electron chi connectivity index (χ1n) is 11.4. The van der Waals surface area contributed by atoms with E-state index >= 15 is 0 Å². The number of nitriles is 1. The fourth-order valence-corrected chi connectivity index (χ4v) is 6.28. The average Bonchev–Trinajstić information content (AvgIpc) is 3.33. The van der Waals surface area contributed by atoms with Crippen molar-refractivity contribution in [2.45, 2.75) is 45.3 Å². The number of ether oxygens (including phenoxy) is 2. The van der Waals surface area contributed by atoms with Gasteiger partial charge in [0.15, 0.2) is 5.75 Å². The van der Waals surface area contributed by atoms with Gasteiger partial charge in [-0.25, -0.2) is 13.1 Å². The summed E-state index contributed by atoms with van der Waals surface area (Å²) >= 11 is 1.40. The quantitative estimate of drug-likeness (QED) is 0.436. The highest BCUT2D eigenvalue weighted by Gasteiger charge is 2.28. The molecule has 1 heterocycles. The number of aromatic nitrogens is 2. The van der Waals surface area contributed by atoms with Crippen molar-refractivity contribution in [3.05, 3.63) is 53.1 Å². The van der Waals surface area contributed by atoms with Crippen LogP contribution in [0, 0.1) is 11.3 Å². The van der Waals surface area contributed by atoms with Gasteiger partial charge in [-0.05, 0) is 62.4 Å². The van der Waals surface area contributed by atoms with Crippen LogP contribution in [0.5, 0.6) is 5.75 Å². The van der Waals surface area contributed by atoms with Crippen molar-refractivity contribution in [2.24, 2.45) is 0 Å². The molecular formula is C25H26N4O5S2. The third-order valence-electron chi connectivity index (χ3n) is 5.73. The lowest BCUT2D eigenvalue weighted by molar-refractivity contribution is -0.137. The van der Waals surface area contributed by atoms with Gasteiger partial charge in [0.05, 0.1) is 18.8 Å². The van der Waals surface area contributed by atoms with Crippen molar-refractivity contribution in [3.63, 3.8) is 0 Å². The van der Waals surface area contributed by atoms with Crippen LogP contribution >= 0.6 is 11.3 Å². The summed E-state index contributed by atoms with van der Waals surface area (Å²) in [5.41, 5.74) is 3.97. The highest BCUT2D eigenvalue weighted by molar-refractivity contribution is 7.90. The lowest BCUT2D eigenvalue weighted by atomic mass is 9.85. The lowest BCUT2D eigenvalue weighted by Gasteiger charge is -2.27. The molecule has 3 aromatic rings. The number of esters is 1. The second kappa shape index (κ2) is 10.7. The van der Waals surface area contributed by atoms with Crippen molar-refractivity contribution < 1.29 is 22.7 Å². The van der Waals surface area contributed by atoms with Crippen molar-refractivity contribution in [1.29, 1.82) is 5.26 Å². The molecule has 2 aromatic carbocycles. The van der Waals surface area contributed by atoms with Crippen LogP contribution < -0.4 is 9.46 Å². The molecule has 1 aliphatic rings. The molecule has 4 rings (SSSR count). The van der Waals surface area contributed by atoms with E-state index in [2.05, 4.69) is 25.7 Å². The van der Waals surface area contributed by atoms with E-state index in [-0.39, 0.29) is 6.10 Å². The van der Waals surface area contributed by atoms with E-state index in [0.717, 1.165) is 42.2 Å². The van der Waals surface area contributed by atoms with Crippen molar-refractivity contribution >= 4 is 27.3 Å². The predicted octanol–water partition coefficient (Wildman–Crippen LogP) is 4.00. The van der Waals surface area contributed by atoms with Crippen LogP contribution in [0.3, 0.4) is 0 Å². The molecule has 0 aliphatic heterocycles. The Kier molecular flexibility index (Phi) is 7.68. The van der Waals surface area contributed by atoms with Gasteiger partial charge in [-0.15, -0.1) is 10.2 Å². The van der Waals surface area contributed by atoms with E-state index in [9.17, 15) is 18.5 Å². The Balaban J connectivity index is 1.63. The molecule has 1 aromatic heterocycles. The van der Waals surface area contributed by atoms with Gasteiger partial charge < -0.3 is 9.47 Å². The summed E-state index contributed by atoms with van der Waals surface area (Å²) in [5.74, 6) is -1.00. The summed E-state index contributed by atoms with van der Waals surface area (Å²) < 4.78 is 37.8. The highest BCUT2D eigenvalue weighted by atomic mass is 32.2. The van der Waals surface area contributed by atoms with E-state index in [1.165, 1.54) is 11.3 Å². The van der Waals surface area contributed by atoms with E-state index in [4.69, 9.17) is 4.74 Å². The Labute approximate surface area is 214 Å². The largest absolute Gasteiger partial charge is 0.490 e. The number of nitrogens with one attached hydrogen (secondary N) is 1. The molecule has 0 amide bonds. The molecule has 0 saturated carbocycles. The minimum Gasteiger partial charge on any atom is -0.490 e. The number of rotatable bonds is 8. The number of carbonyl (C=O) groups excluding carboxylic acids is 1. The number of benzene rings is 2. The Morgan fingerprint density at radius 3 is 2.75 bits per heavy atom. The highest BCUT2D eigenvalue weighted by Crippen LogP contribution is 2.39. The zero-order valence-electron chi connectivity index (χ0n) is 20.1. The van der Waals surface area contributed by atoms with Crippen molar-refractivity contribution in [3.8, 4) is 33.0 Å². The fraction of sp³-hybridized carbons (Fsp3) is 0.360. The van der Waals surface area contributed by atoms with Gasteiger partial charge in [-0.1, -0.05) is 29.5 Å². The molecule has 1 N–H and O–H groups in total. The second-order valence-corrected chi connectivity index (χ2v) is 11.4. The van der Waals surface area contributed by atoms with Crippen LogP contribution in [0.25, 0.3) is 21.1 Å². The molecule has 0 unspecified atom stereocenters. The van der Waals surface area contributed by atoms with Crippen LogP contribution in [0.15, 0.2) is 36.4 Å². The van der Waals surface area contributed by atoms with Crippen LogP contribution in [-0.4, -0.2) is 43.6 Å². The normalized spacial score (nSPS) is 15.2. The first kappa shape index (κ1) is 25.8. The first-order valence-corrected chi connectivity index (χ1v) is 13.9. The number of fused-ring (bicyclic) bond motifs is 1. The first-order chi connectivity index (χ1) is 17.2. The zero-order chi connectivity index (χ0) is 25.9. The zero-order valence-corrected chi connectivity index (χ0v) is 21.8. The maximum absolute atomic E-state index is 12.5. The molecule has 11 heteroatoms. The number of sulfonamides is 1. The smallest absolute Gasteiger partial charge is 0.322 e. The molecule has 0 spiro atoms. The lowest BCUT2D eigenvalue weighted by Crippen LogP contribution is -2.35. The van der Waals surface area contributed by atoms with E-state index < -0.39 is 27.8 Å². The maximum Gasteiger partial charge on any atom is 0.322 e. The second-order valence-electron chi connectivity index (χ2n) is 8.67. The summed E-state index contributed by atoms with van der Waals surface area (Å²) in [6.07, 6.45) is 2.13. The Morgan fingerprint density at radius 2 is 2.03 bits per heavy atom. The Bertz CT molecular complexity index is 1430. The average molecular weight is 527 g/mol. The van der Waals surface area contributed by atoms with Crippen LogP contribution in [0.2, 0.25) is 0 Å². The van der Waals surface area contributed by atoms with E-state index in [1.54, 1.807) is 12.1 Å². The minimum atomic E-state index is -3.85. The van der Waals surface area contributed by atoms with Crippen molar-refractivity contribution in [2.75, 3.05) is 12.9 Å². The Morgan fingerprint density at radius 1 is 1.25 bits per heavy atom. The molecule has 0 fully saturated rings. The third kappa shape index (κ3) is 5.73. The number of hydrogen-bond donors (Lipinski definition) is 1. The Hall–Kier alpha value is -3.33. The topological polar surface area (TPSA) is 131 Å². The summed E-state index contributed by atoms with van der Waals surface area (Å²) in [7, 11) is -2.69. The molecule has 9 nitrogen and oxygen atoms in total. The molecule has 0 saturated heterocycles. The molecule has 36 heavy (non-hydrogen) atoms. The van der Waals surface area contributed by atoms with Gasteiger partial charge >= 0.3 is 5.97 Å².